The fraction of sp³-hybridized carbons (Fsp3) is 0.590. The van der Waals surface area contributed by atoms with Crippen molar-refractivity contribution in [1.29, 1.82) is 0 Å². The summed E-state index contributed by atoms with van der Waals surface area (Å²) in [6, 6.07) is 1.68. The van der Waals surface area contributed by atoms with E-state index in [9.17, 15) is 40.4 Å². The average Bonchev–Trinajstić information content (AvgIpc) is 3.95. The summed E-state index contributed by atoms with van der Waals surface area (Å²) >= 11 is 0. The Morgan fingerprint density at radius 1 is 1.14 bits per heavy atom. The molecule has 0 radical (unpaired) electrons. The van der Waals surface area contributed by atoms with Crippen molar-refractivity contribution >= 4 is 38.8 Å². The molecule has 2 aliphatic carbocycles. The van der Waals surface area contributed by atoms with Crippen molar-refractivity contribution in [1.82, 2.24) is 29.1 Å². The number of ketones is 1. The van der Waals surface area contributed by atoms with Gasteiger partial charge in [0.05, 0.1) is 34.5 Å². The van der Waals surface area contributed by atoms with Crippen LogP contribution in [0.1, 0.15) is 102 Å². The lowest BCUT2D eigenvalue weighted by molar-refractivity contribution is -0.142. The summed E-state index contributed by atoms with van der Waals surface area (Å²) < 4.78 is 91.1. The standard InChI is InChI=1S/C39H46F4N6O6S/c1-23(2)49-33-30(20-44-22-45-33)46-36(49)55-27-17-31-32(50)19-38(35(52)47-56(53,54)37(3)13-14-37)18-26(38)10-8-6-4-5-7-9-25(34(51)48(31)21-27)15-24-11-12-29(40)28(16-24)39(41,42)43/h8,10-12,16,20,22-23,25-27,31H,4-7,9,13-15,17-19,21H2,1-3H3,(H,47,52)/b10-8-/t25-,26-,27-,31+,38-/m1/s1. The molecule has 2 saturated carbocycles. The number of hydrogen-bond donors (Lipinski definition) is 1. The van der Waals surface area contributed by atoms with Crippen LogP contribution in [0.2, 0.25) is 0 Å². The fourth-order valence-corrected chi connectivity index (χ4v) is 9.48. The Kier molecular flexibility index (Phi) is 10.5. The first-order valence-electron chi connectivity index (χ1n) is 19.2. The van der Waals surface area contributed by atoms with E-state index in [-0.39, 0.29) is 49.8 Å². The molecule has 17 heteroatoms. The molecule has 0 spiro atoms. The van der Waals surface area contributed by atoms with Crippen LogP contribution in [-0.4, -0.2) is 73.9 Å². The Labute approximate surface area is 322 Å². The lowest BCUT2D eigenvalue weighted by Crippen LogP contribution is -2.47. The number of amides is 2. The Hall–Kier alpha value is -4.41. The molecule has 2 amide bonds. The van der Waals surface area contributed by atoms with Crippen LogP contribution in [0.25, 0.3) is 11.2 Å². The summed E-state index contributed by atoms with van der Waals surface area (Å²) in [5.74, 6) is -4.34. The first-order valence-corrected chi connectivity index (χ1v) is 20.7. The number of Topliss-reactive ketones (excluding diaryl/α,β-unsaturated/α-hetero) is 1. The molecule has 4 heterocycles. The van der Waals surface area contributed by atoms with Crippen LogP contribution in [0.4, 0.5) is 17.6 Å². The smallest absolute Gasteiger partial charge is 0.419 e. The number of allylic oxidation sites excluding steroid dienone is 2. The summed E-state index contributed by atoms with van der Waals surface area (Å²) in [6.07, 6.45) is 4.61. The predicted octanol–water partition coefficient (Wildman–Crippen LogP) is 6.26. The number of aromatic nitrogens is 4. The molecule has 1 saturated heterocycles. The summed E-state index contributed by atoms with van der Waals surface area (Å²) in [5.41, 5.74) is -1.64. The van der Waals surface area contributed by atoms with Crippen LogP contribution < -0.4 is 9.46 Å². The Balaban J connectivity index is 1.22. The highest BCUT2D eigenvalue weighted by Gasteiger charge is 2.62. The quantitative estimate of drug-likeness (QED) is 0.206. The maximum absolute atomic E-state index is 14.7. The van der Waals surface area contributed by atoms with Gasteiger partial charge in [-0.1, -0.05) is 31.1 Å². The number of halogens is 4. The first kappa shape index (κ1) is 39.8. The second kappa shape index (κ2) is 14.8. The highest BCUT2D eigenvalue weighted by Crippen LogP contribution is 2.57. The molecule has 0 unspecified atom stereocenters. The van der Waals surface area contributed by atoms with E-state index in [1.165, 1.54) is 17.3 Å². The van der Waals surface area contributed by atoms with E-state index in [0.717, 1.165) is 18.6 Å². The second-order valence-electron chi connectivity index (χ2n) is 16.3. The van der Waals surface area contributed by atoms with Gasteiger partial charge in [0.1, 0.15) is 23.8 Å². The summed E-state index contributed by atoms with van der Waals surface area (Å²) in [6.45, 7) is 5.34. The van der Waals surface area contributed by atoms with E-state index >= 15 is 0 Å². The average molecular weight is 803 g/mol. The van der Waals surface area contributed by atoms with Gasteiger partial charge in [0, 0.05) is 24.8 Å². The third kappa shape index (κ3) is 7.79. The number of nitrogens with zero attached hydrogens (tertiary/aromatic N) is 5. The maximum Gasteiger partial charge on any atom is 0.419 e. The van der Waals surface area contributed by atoms with Crippen LogP contribution in [0.15, 0.2) is 42.9 Å². The zero-order chi connectivity index (χ0) is 40.2. The van der Waals surface area contributed by atoms with E-state index < -0.39 is 79.3 Å². The van der Waals surface area contributed by atoms with Crippen molar-refractivity contribution in [3.8, 4) is 6.01 Å². The Bertz CT molecular complexity index is 2170. The van der Waals surface area contributed by atoms with E-state index in [4.69, 9.17) is 4.74 Å². The van der Waals surface area contributed by atoms with Crippen LogP contribution in [-0.2, 0) is 37.0 Å². The molecule has 302 valence electrons. The minimum absolute atomic E-state index is 0.0214. The van der Waals surface area contributed by atoms with E-state index in [0.29, 0.717) is 49.7 Å². The van der Waals surface area contributed by atoms with Crippen LogP contribution >= 0.6 is 0 Å². The zero-order valence-electron chi connectivity index (χ0n) is 31.5. The molecule has 0 bridgehead atoms. The number of rotatable bonds is 8. The zero-order valence-corrected chi connectivity index (χ0v) is 32.3. The minimum Gasteiger partial charge on any atom is -0.459 e. The normalized spacial score (nSPS) is 27.6. The van der Waals surface area contributed by atoms with Gasteiger partial charge in [0.2, 0.25) is 21.8 Å². The van der Waals surface area contributed by atoms with Crippen molar-refractivity contribution in [3.63, 3.8) is 0 Å². The molecule has 1 aromatic carbocycles. The number of nitrogens with one attached hydrogen (secondary N) is 1. The molecule has 56 heavy (non-hydrogen) atoms. The summed E-state index contributed by atoms with van der Waals surface area (Å²) in [5, 5.41) is 0. The third-order valence-electron chi connectivity index (χ3n) is 11.9. The van der Waals surface area contributed by atoms with Gasteiger partial charge in [0.15, 0.2) is 11.4 Å². The van der Waals surface area contributed by atoms with Gasteiger partial charge in [-0.15, -0.1) is 0 Å². The lowest BCUT2D eigenvalue weighted by atomic mass is 9.89. The molecule has 1 N–H and O–H groups in total. The maximum atomic E-state index is 14.7. The number of hydrogen-bond acceptors (Lipinski definition) is 9. The number of fused-ring (bicyclic) bond motifs is 3. The highest BCUT2D eigenvalue weighted by atomic mass is 32.2. The number of carbonyl (C=O) groups is 3. The SMILES string of the molecule is CC(C)n1c(O[C@@H]2C[C@H]3C(=O)C[C@]4(C(=O)NS(=O)(=O)C5(C)CC5)C[C@H]4/C=C\CCCCC[C@H](Cc4ccc(F)c(C(F)(F)F)c4)C(=O)N3C2)nc2cncnc21. The van der Waals surface area contributed by atoms with Gasteiger partial charge < -0.3 is 9.64 Å². The van der Waals surface area contributed by atoms with Crippen molar-refractivity contribution in [3.05, 3.63) is 59.8 Å². The van der Waals surface area contributed by atoms with E-state index in [2.05, 4.69) is 19.7 Å². The molecule has 2 aliphatic heterocycles. The number of imidazole rings is 1. The molecule has 3 fully saturated rings. The van der Waals surface area contributed by atoms with Crippen LogP contribution in [0, 0.1) is 23.1 Å². The van der Waals surface area contributed by atoms with E-state index in [1.807, 2.05) is 26.0 Å². The Morgan fingerprint density at radius 2 is 1.91 bits per heavy atom. The lowest BCUT2D eigenvalue weighted by Gasteiger charge is -2.29. The molecule has 7 rings (SSSR count). The first-order chi connectivity index (χ1) is 26.4. The van der Waals surface area contributed by atoms with Gasteiger partial charge >= 0.3 is 6.18 Å². The van der Waals surface area contributed by atoms with Crippen molar-refractivity contribution in [2.45, 2.75) is 121 Å². The summed E-state index contributed by atoms with van der Waals surface area (Å²) in [4.78, 5) is 57.5. The predicted molar refractivity (Wildman–Crippen MR) is 196 cm³/mol. The molecular weight excluding hydrogens is 757 g/mol. The molecule has 2 aromatic heterocycles. The highest BCUT2D eigenvalue weighted by molar-refractivity contribution is 7.91. The van der Waals surface area contributed by atoms with Crippen molar-refractivity contribution < 1.29 is 45.1 Å². The number of ether oxygens (including phenoxy) is 1. The van der Waals surface area contributed by atoms with Crippen LogP contribution in [0.3, 0.4) is 0 Å². The Morgan fingerprint density at radius 3 is 2.62 bits per heavy atom. The number of benzene rings is 1. The van der Waals surface area contributed by atoms with Gasteiger partial charge in [-0.2, -0.15) is 18.2 Å². The fourth-order valence-electron chi connectivity index (χ4n) is 8.15. The number of alkyl halides is 3. The van der Waals surface area contributed by atoms with Gasteiger partial charge in [-0.05, 0) is 89.3 Å². The second-order valence-corrected chi connectivity index (χ2v) is 18.5. The topological polar surface area (TPSA) is 153 Å². The van der Waals surface area contributed by atoms with Crippen molar-refractivity contribution in [2.75, 3.05) is 6.54 Å². The number of sulfonamides is 1. The largest absolute Gasteiger partial charge is 0.459 e. The molecule has 5 atom stereocenters. The number of carbonyl (C=O) groups excluding carboxylic acids is 3. The molecule has 4 aliphatic rings. The van der Waals surface area contributed by atoms with Crippen molar-refractivity contribution in [2.24, 2.45) is 17.3 Å². The third-order valence-corrected chi connectivity index (χ3v) is 14.1. The minimum atomic E-state index is -4.94. The van der Waals surface area contributed by atoms with Gasteiger partial charge in [-0.3, -0.25) is 23.7 Å². The molecule has 3 aromatic rings. The summed E-state index contributed by atoms with van der Waals surface area (Å²) in [7, 11) is -4.01. The van der Waals surface area contributed by atoms with Gasteiger partial charge in [0.25, 0.3) is 6.01 Å². The monoisotopic (exact) mass is 802 g/mol. The van der Waals surface area contributed by atoms with E-state index in [1.54, 1.807) is 17.7 Å². The van der Waals surface area contributed by atoms with Gasteiger partial charge in [-0.25, -0.2) is 22.8 Å². The molecular formula is C39H46F4N6O6S. The molecule has 12 nitrogen and oxygen atoms in total. The van der Waals surface area contributed by atoms with Crippen LogP contribution in [0.5, 0.6) is 6.01 Å².